The summed E-state index contributed by atoms with van der Waals surface area (Å²) in [7, 11) is 0. The Labute approximate surface area is 129 Å². The van der Waals surface area contributed by atoms with Crippen molar-refractivity contribution in [1.29, 1.82) is 0 Å². The molecule has 3 nitrogen and oxygen atoms in total. The van der Waals surface area contributed by atoms with Crippen LogP contribution < -0.4 is 5.32 Å². The average Bonchev–Trinajstić information content (AvgIpc) is 2.55. The molecule has 106 valence electrons. The van der Waals surface area contributed by atoms with E-state index in [-0.39, 0.29) is 6.04 Å². The highest BCUT2D eigenvalue weighted by Gasteiger charge is 2.11. The first-order valence-electron chi connectivity index (χ1n) is 6.93. The molecule has 0 saturated carbocycles. The Bertz CT molecular complexity index is 710. The molecule has 1 unspecified atom stereocenters. The molecular formula is C17H16ClN3. The van der Waals surface area contributed by atoms with Gasteiger partial charge in [-0.3, -0.25) is 0 Å². The van der Waals surface area contributed by atoms with Crippen molar-refractivity contribution in [3.05, 3.63) is 66.4 Å². The molecule has 0 fully saturated rings. The lowest BCUT2D eigenvalue weighted by molar-refractivity contribution is 0.788. The van der Waals surface area contributed by atoms with Crippen LogP contribution in [0.4, 0.5) is 5.82 Å². The van der Waals surface area contributed by atoms with Crippen molar-refractivity contribution in [1.82, 2.24) is 10.2 Å². The van der Waals surface area contributed by atoms with Crippen LogP contribution in [0.5, 0.6) is 0 Å². The van der Waals surface area contributed by atoms with Gasteiger partial charge in [-0.15, -0.1) is 16.7 Å². The number of hydrogen-bond donors (Lipinski definition) is 1. The number of rotatable bonds is 5. The summed E-state index contributed by atoms with van der Waals surface area (Å²) in [5.41, 5.74) is 1.25. The first-order chi connectivity index (χ1) is 10.4. The molecule has 0 saturated heterocycles. The molecule has 3 rings (SSSR count). The standard InChI is InChI=1S/C17H16ClN3/c18-11-15(10-13-6-2-1-3-7-13)20-17-16-9-5-4-8-14(16)12-19-21-17/h1-9,12,15H,10-11H2,(H,20,21). The van der Waals surface area contributed by atoms with E-state index >= 15 is 0 Å². The van der Waals surface area contributed by atoms with Crippen molar-refractivity contribution in [2.75, 3.05) is 11.2 Å². The lowest BCUT2D eigenvalue weighted by atomic mass is 10.1. The van der Waals surface area contributed by atoms with Crippen molar-refractivity contribution in [3.8, 4) is 0 Å². The van der Waals surface area contributed by atoms with E-state index in [9.17, 15) is 0 Å². The first kappa shape index (κ1) is 13.8. The Morgan fingerprint density at radius 3 is 2.57 bits per heavy atom. The highest BCUT2D eigenvalue weighted by Crippen LogP contribution is 2.20. The summed E-state index contributed by atoms with van der Waals surface area (Å²) in [6.45, 7) is 0. The first-order valence-corrected chi connectivity index (χ1v) is 7.47. The van der Waals surface area contributed by atoms with Gasteiger partial charge in [0.05, 0.1) is 6.20 Å². The van der Waals surface area contributed by atoms with Gasteiger partial charge in [-0.05, 0) is 12.0 Å². The van der Waals surface area contributed by atoms with Gasteiger partial charge in [0.2, 0.25) is 0 Å². The highest BCUT2D eigenvalue weighted by molar-refractivity contribution is 6.18. The maximum Gasteiger partial charge on any atom is 0.156 e. The molecule has 21 heavy (non-hydrogen) atoms. The van der Waals surface area contributed by atoms with E-state index in [4.69, 9.17) is 11.6 Å². The van der Waals surface area contributed by atoms with Gasteiger partial charge in [0.1, 0.15) is 0 Å². The Hall–Kier alpha value is -2.13. The Morgan fingerprint density at radius 2 is 1.76 bits per heavy atom. The summed E-state index contributed by atoms with van der Waals surface area (Å²) in [4.78, 5) is 0. The largest absolute Gasteiger partial charge is 0.364 e. The number of hydrogen-bond acceptors (Lipinski definition) is 3. The lowest BCUT2D eigenvalue weighted by Gasteiger charge is -2.17. The molecule has 1 atom stereocenters. The smallest absolute Gasteiger partial charge is 0.156 e. The van der Waals surface area contributed by atoms with Crippen molar-refractivity contribution in [2.24, 2.45) is 0 Å². The van der Waals surface area contributed by atoms with Crippen LogP contribution in [-0.4, -0.2) is 22.1 Å². The van der Waals surface area contributed by atoms with Crippen LogP contribution in [0.2, 0.25) is 0 Å². The van der Waals surface area contributed by atoms with E-state index in [1.54, 1.807) is 6.20 Å². The normalized spacial score (nSPS) is 12.2. The number of aromatic nitrogens is 2. The van der Waals surface area contributed by atoms with Crippen LogP contribution in [-0.2, 0) is 6.42 Å². The molecular weight excluding hydrogens is 282 g/mol. The number of benzene rings is 2. The Morgan fingerprint density at radius 1 is 1.00 bits per heavy atom. The van der Waals surface area contributed by atoms with Gasteiger partial charge in [-0.2, -0.15) is 5.10 Å². The van der Waals surface area contributed by atoms with Crippen molar-refractivity contribution < 1.29 is 0 Å². The van der Waals surface area contributed by atoms with Crippen LogP contribution in [0.25, 0.3) is 10.8 Å². The molecule has 0 aliphatic rings. The number of nitrogens with zero attached hydrogens (tertiary/aromatic N) is 2. The van der Waals surface area contributed by atoms with Crippen LogP contribution in [0, 0.1) is 0 Å². The number of halogens is 1. The fourth-order valence-corrected chi connectivity index (χ4v) is 2.56. The third-order valence-corrected chi connectivity index (χ3v) is 3.80. The van der Waals surface area contributed by atoms with Gasteiger partial charge in [-0.1, -0.05) is 54.6 Å². The number of anilines is 1. The molecule has 4 heteroatoms. The Balaban J connectivity index is 1.82. The van der Waals surface area contributed by atoms with Crippen LogP contribution in [0.3, 0.4) is 0 Å². The second kappa shape index (κ2) is 6.55. The minimum atomic E-state index is 0.120. The summed E-state index contributed by atoms with van der Waals surface area (Å²) in [5.74, 6) is 1.30. The van der Waals surface area contributed by atoms with E-state index in [1.165, 1.54) is 5.56 Å². The van der Waals surface area contributed by atoms with Crippen molar-refractivity contribution >= 4 is 28.2 Å². The van der Waals surface area contributed by atoms with Gasteiger partial charge in [0.15, 0.2) is 5.82 Å². The second-order valence-corrected chi connectivity index (χ2v) is 5.27. The fraction of sp³-hybridized carbons (Fsp3) is 0.176. The molecule has 2 aromatic carbocycles. The summed E-state index contributed by atoms with van der Waals surface area (Å²) in [6.07, 6.45) is 2.63. The van der Waals surface area contributed by atoms with Gasteiger partial charge < -0.3 is 5.32 Å². The minimum Gasteiger partial charge on any atom is -0.364 e. The highest BCUT2D eigenvalue weighted by atomic mass is 35.5. The second-order valence-electron chi connectivity index (χ2n) is 4.97. The van der Waals surface area contributed by atoms with E-state index in [0.717, 1.165) is 23.0 Å². The zero-order valence-corrected chi connectivity index (χ0v) is 12.3. The van der Waals surface area contributed by atoms with Crippen LogP contribution in [0.1, 0.15) is 5.56 Å². The van der Waals surface area contributed by atoms with Crippen LogP contribution >= 0.6 is 11.6 Å². The predicted octanol–water partition coefficient (Wildman–Crippen LogP) is 3.89. The molecule has 1 aromatic heterocycles. The van der Waals surface area contributed by atoms with Gasteiger partial charge in [0.25, 0.3) is 0 Å². The van der Waals surface area contributed by atoms with Crippen molar-refractivity contribution in [2.45, 2.75) is 12.5 Å². The van der Waals surface area contributed by atoms with Gasteiger partial charge in [0, 0.05) is 22.7 Å². The molecule has 1 heterocycles. The van der Waals surface area contributed by atoms with Gasteiger partial charge in [-0.25, -0.2) is 0 Å². The van der Waals surface area contributed by atoms with E-state index in [0.29, 0.717) is 5.88 Å². The third-order valence-electron chi connectivity index (χ3n) is 3.42. The zero-order chi connectivity index (χ0) is 14.5. The van der Waals surface area contributed by atoms with Gasteiger partial charge >= 0.3 is 0 Å². The fourth-order valence-electron chi connectivity index (χ4n) is 2.37. The SMILES string of the molecule is ClCC(Cc1ccccc1)Nc1nncc2ccccc12. The Kier molecular flexibility index (Phi) is 4.31. The molecule has 1 N–H and O–H groups in total. The van der Waals surface area contributed by atoms with E-state index in [1.807, 2.05) is 42.5 Å². The third kappa shape index (κ3) is 3.31. The zero-order valence-electron chi connectivity index (χ0n) is 11.5. The molecule has 0 radical (unpaired) electrons. The van der Waals surface area contributed by atoms with E-state index in [2.05, 4.69) is 27.6 Å². The summed E-state index contributed by atoms with van der Waals surface area (Å²) in [5, 5.41) is 13.8. The summed E-state index contributed by atoms with van der Waals surface area (Å²) < 4.78 is 0. The maximum atomic E-state index is 6.11. The maximum absolute atomic E-state index is 6.11. The predicted molar refractivity (Wildman–Crippen MR) is 87.8 cm³/mol. The number of alkyl halides is 1. The minimum absolute atomic E-state index is 0.120. The quantitative estimate of drug-likeness (QED) is 0.726. The molecule has 0 bridgehead atoms. The monoisotopic (exact) mass is 297 g/mol. The molecule has 3 aromatic rings. The average molecular weight is 298 g/mol. The number of nitrogens with one attached hydrogen (secondary N) is 1. The van der Waals surface area contributed by atoms with Crippen LogP contribution in [0.15, 0.2) is 60.8 Å². The summed E-state index contributed by atoms with van der Waals surface area (Å²) >= 11 is 6.11. The molecule has 0 spiro atoms. The molecule has 0 amide bonds. The lowest BCUT2D eigenvalue weighted by Crippen LogP contribution is -2.25. The topological polar surface area (TPSA) is 37.8 Å². The molecule has 0 aliphatic heterocycles. The van der Waals surface area contributed by atoms with Crippen molar-refractivity contribution in [3.63, 3.8) is 0 Å². The molecule has 0 aliphatic carbocycles. The number of fused-ring (bicyclic) bond motifs is 1. The van der Waals surface area contributed by atoms with E-state index < -0.39 is 0 Å². The summed E-state index contributed by atoms with van der Waals surface area (Å²) in [6, 6.07) is 18.5.